The molecule has 1 saturated carbocycles. The molecule has 2 nitrogen and oxygen atoms in total. The van der Waals surface area contributed by atoms with Crippen LogP contribution in [-0.4, -0.2) is 24.3 Å². The topological polar surface area (TPSA) is 32.3 Å². The summed E-state index contributed by atoms with van der Waals surface area (Å²) in [5.74, 6) is 1.89. The molecule has 2 N–H and O–H groups in total. The quantitative estimate of drug-likeness (QED) is 0.701. The fourth-order valence-electron chi connectivity index (χ4n) is 2.80. The predicted octanol–water partition coefficient (Wildman–Crippen LogP) is 2.95. The van der Waals surface area contributed by atoms with E-state index in [1.807, 2.05) is 0 Å². The molecule has 1 fully saturated rings. The maximum atomic E-state index is 8.83. The molecule has 0 bridgehead atoms. The minimum atomic E-state index is 0.303. The summed E-state index contributed by atoms with van der Waals surface area (Å²) in [6, 6.07) is 0.471. The Morgan fingerprint density at radius 1 is 1.19 bits per heavy atom. The molecule has 0 aromatic carbocycles. The van der Waals surface area contributed by atoms with Crippen LogP contribution in [0.5, 0.6) is 0 Å². The average molecular weight is 227 g/mol. The summed E-state index contributed by atoms with van der Waals surface area (Å²) < 4.78 is 0. The van der Waals surface area contributed by atoms with E-state index < -0.39 is 0 Å². The molecule has 1 unspecified atom stereocenters. The molecule has 16 heavy (non-hydrogen) atoms. The summed E-state index contributed by atoms with van der Waals surface area (Å²) in [5, 5.41) is 12.4. The molecule has 1 rings (SSSR count). The van der Waals surface area contributed by atoms with Crippen LogP contribution >= 0.6 is 0 Å². The number of aliphatic hydroxyl groups is 1. The van der Waals surface area contributed by atoms with Gasteiger partial charge in [-0.15, -0.1) is 0 Å². The molecule has 0 heterocycles. The molecule has 2 heteroatoms. The van der Waals surface area contributed by atoms with Crippen molar-refractivity contribution < 1.29 is 5.11 Å². The zero-order valence-corrected chi connectivity index (χ0v) is 11.0. The van der Waals surface area contributed by atoms with Crippen LogP contribution in [0, 0.1) is 11.8 Å². The van der Waals surface area contributed by atoms with Crippen LogP contribution in [0.1, 0.15) is 58.8 Å². The van der Waals surface area contributed by atoms with Crippen LogP contribution in [0.25, 0.3) is 0 Å². The maximum absolute atomic E-state index is 8.83. The second-order valence-corrected chi connectivity index (χ2v) is 5.50. The van der Waals surface area contributed by atoms with Gasteiger partial charge in [0, 0.05) is 12.6 Å². The van der Waals surface area contributed by atoms with Crippen molar-refractivity contribution in [3.05, 3.63) is 0 Å². The maximum Gasteiger partial charge on any atom is 0.0445 e. The van der Waals surface area contributed by atoms with Crippen molar-refractivity contribution in [3.8, 4) is 0 Å². The summed E-state index contributed by atoms with van der Waals surface area (Å²) in [6.07, 6.45) is 9.35. The Bertz CT molecular complexity index is 164. The standard InChI is InChI=1S/C14H29NO/c1-3-4-13-5-7-14(8-6-13)11-15-12(2)9-10-16/h12-16H,3-11H2,1-2H3. The lowest BCUT2D eigenvalue weighted by atomic mass is 9.80. The fourth-order valence-corrected chi connectivity index (χ4v) is 2.80. The first-order chi connectivity index (χ1) is 7.76. The second kappa shape index (κ2) is 8.08. The van der Waals surface area contributed by atoms with E-state index in [0.717, 1.165) is 24.8 Å². The largest absolute Gasteiger partial charge is 0.396 e. The van der Waals surface area contributed by atoms with E-state index in [2.05, 4.69) is 19.2 Å². The molecule has 96 valence electrons. The molecule has 1 aliphatic carbocycles. The van der Waals surface area contributed by atoms with Gasteiger partial charge in [0.15, 0.2) is 0 Å². The third kappa shape index (κ3) is 5.31. The molecule has 0 radical (unpaired) electrons. The van der Waals surface area contributed by atoms with Gasteiger partial charge in [-0.1, -0.05) is 32.6 Å². The fraction of sp³-hybridized carbons (Fsp3) is 1.00. The Labute approximate surface area is 101 Å². The predicted molar refractivity (Wildman–Crippen MR) is 69.5 cm³/mol. The highest BCUT2D eigenvalue weighted by Gasteiger charge is 2.20. The van der Waals surface area contributed by atoms with E-state index in [4.69, 9.17) is 5.11 Å². The van der Waals surface area contributed by atoms with E-state index in [1.54, 1.807) is 0 Å². The monoisotopic (exact) mass is 227 g/mol. The highest BCUT2D eigenvalue weighted by molar-refractivity contribution is 4.75. The number of rotatable bonds is 7. The van der Waals surface area contributed by atoms with Crippen molar-refractivity contribution >= 4 is 0 Å². The van der Waals surface area contributed by atoms with Crippen molar-refractivity contribution in [2.75, 3.05) is 13.2 Å². The highest BCUT2D eigenvalue weighted by atomic mass is 16.3. The minimum Gasteiger partial charge on any atom is -0.396 e. The first-order valence-corrected chi connectivity index (χ1v) is 7.10. The van der Waals surface area contributed by atoms with Gasteiger partial charge in [-0.2, -0.15) is 0 Å². The summed E-state index contributed by atoms with van der Waals surface area (Å²) in [5.41, 5.74) is 0. The first kappa shape index (κ1) is 14.0. The van der Waals surface area contributed by atoms with Gasteiger partial charge in [0.2, 0.25) is 0 Å². The van der Waals surface area contributed by atoms with Gasteiger partial charge in [0.25, 0.3) is 0 Å². The van der Waals surface area contributed by atoms with Crippen molar-refractivity contribution in [1.82, 2.24) is 5.32 Å². The van der Waals surface area contributed by atoms with E-state index in [9.17, 15) is 0 Å². The van der Waals surface area contributed by atoms with Crippen molar-refractivity contribution in [3.63, 3.8) is 0 Å². The molecular weight excluding hydrogens is 198 g/mol. The van der Waals surface area contributed by atoms with Crippen LogP contribution in [0.2, 0.25) is 0 Å². The van der Waals surface area contributed by atoms with Gasteiger partial charge in [-0.05, 0) is 44.6 Å². The molecule has 1 atom stereocenters. The van der Waals surface area contributed by atoms with Crippen molar-refractivity contribution in [2.24, 2.45) is 11.8 Å². The van der Waals surface area contributed by atoms with Gasteiger partial charge in [0.05, 0.1) is 0 Å². The van der Waals surface area contributed by atoms with Gasteiger partial charge in [-0.3, -0.25) is 0 Å². The van der Waals surface area contributed by atoms with E-state index in [-0.39, 0.29) is 0 Å². The van der Waals surface area contributed by atoms with Crippen molar-refractivity contribution in [2.45, 2.75) is 64.8 Å². The second-order valence-electron chi connectivity index (χ2n) is 5.50. The van der Waals surface area contributed by atoms with Crippen LogP contribution < -0.4 is 5.32 Å². The summed E-state index contributed by atoms with van der Waals surface area (Å²) in [7, 11) is 0. The molecule has 0 saturated heterocycles. The van der Waals surface area contributed by atoms with Crippen molar-refractivity contribution in [1.29, 1.82) is 0 Å². The van der Waals surface area contributed by atoms with Gasteiger partial charge >= 0.3 is 0 Å². The SMILES string of the molecule is CCCC1CCC(CNC(C)CCO)CC1. The highest BCUT2D eigenvalue weighted by Crippen LogP contribution is 2.31. The molecule has 0 aromatic rings. The lowest BCUT2D eigenvalue weighted by Gasteiger charge is -2.29. The van der Waals surface area contributed by atoms with E-state index in [1.165, 1.54) is 38.5 Å². The molecule has 1 aliphatic rings. The van der Waals surface area contributed by atoms with E-state index in [0.29, 0.717) is 12.6 Å². The minimum absolute atomic E-state index is 0.303. The molecule has 0 spiro atoms. The Morgan fingerprint density at radius 2 is 1.81 bits per heavy atom. The van der Waals surface area contributed by atoms with Gasteiger partial charge in [-0.25, -0.2) is 0 Å². The van der Waals surface area contributed by atoms with Gasteiger partial charge in [0.1, 0.15) is 0 Å². The smallest absolute Gasteiger partial charge is 0.0445 e. The third-order valence-electron chi connectivity index (χ3n) is 3.98. The molecular formula is C14H29NO. The normalized spacial score (nSPS) is 27.9. The number of aliphatic hydroxyl groups excluding tert-OH is 1. The Morgan fingerprint density at radius 3 is 2.38 bits per heavy atom. The van der Waals surface area contributed by atoms with Crippen LogP contribution in [0.3, 0.4) is 0 Å². The van der Waals surface area contributed by atoms with Crippen LogP contribution in [-0.2, 0) is 0 Å². The number of hydrogen-bond acceptors (Lipinski definition) is 2. The summed E-state index contributed by atoms with van der Waals surface area (Å²) in [6.45, 7) is 5.92. The average Bonchev–Trinajstić information content (AvgIpc) is 2.29. The third-order valence-corrected chi connectivity index (χ3v) is 3.98. The lowest BCUT2D eigenvalue weighted by Crippen LogP contribution is -2.33. The lowest BCUT2D eigenvalue weighted by molar-refractivity contribution is 0.237. The van der Waals surface area contributed by atoms with Gasteiger partial charge < -0.3 is 10.4 Å². The molecule has 0 aliphatic heterocycles. The molecule has 0 amide bonds. The summed E-state index contributed by atoms with van der Waals surface area (Å²) in [4.78, 5) is 0. The Hall–Kier alpha value is -0.0800. The van der Waals surface area contributed by atoms with Crippen LogP contribution in [0.4, 0.5) is 0 Å². The molecule has 0 aromatic heterocycles. The number of hydrogen-bond donors (Lipinski definition) is 2. The number of nitrogens with one attached hydrogen (secondary N) is 1. The van der Waals surface area contributed by atoms with Crippen LogP contribution in [0.15, 0.2) is 0 Å². The zero-order valence-electron chi connectivity index (χ0n) is 11.0. The Kier molecular flexibility index (Phi) is 7.06. The van der Waals surface area contributed by atoms with E-state index >= 15 is 0 Å². The Balaban J connectivity index is 2.07. The first-order valence-electron chi connectivity index (χ1n) is 7.10. The summed E-state index contributed by atoms with van der Waals surface area (Å²) >= 11 is 0. The zero-order chi connectivity index (χ0) is 11.8.